The molecule has 0 aliphatic carbocycles. The molecule has 192 valence electrons. The fraction of sp³-hybridized carbons (Fsp3) is 0.231. The Morgan fingerprint density at radius 3 is 2.68 bits per heavy atom. The fourth-order valence-electron chi connectivity index (χ4n) is 4.47. The molecular weight excluding hydrogens is 487 g/mol. The van der Waals surface area contributed by atoms with Gasteiger partial charge in [0, 0.05) is 18.0 Å². The minimum atomic E-state index is -0.744. The van der Waals surface area contributed by atoms with Gasteiger partial charge in [-0.05, 0) is 25.3 Å². The van der Waals surface area contributed by atoms with E-state index < -0.39 is 12.0 Å². The molecular formula is C26H25FN10O. The number of aliphatic hydroxyl groups excluding tert-OH is 1. The van der Waals surface area contributed by atoms with E-state index in [1.807, 2.05) is 31.5 Å². The number of hydrogen-bond acceptors (Lipinski definition) is 8. The normalized spacial score (nSPS) is 12.6. The van der Waals surface area contributed by atoms with Gasteiger partial charge in [-0.15, -0.1) is 0 Å². The first-order valence-electron chi connectivity index (χ1n) is 12.1. The molecule has 0 fully saturated rings. The summed E-state index contributed by atoms with van der Waals surface area (Å²) < 4.78 is 17.9. The molecule has 0 saturated carbocycles. The van der Waals surface area contributed by atoms with Crippen LogP contribution in [0.15, 0.2) is 49.6 Å². The average Bonchev–Trinajstić information content (AvgIpc) is 3.61. The van der Waals surface area contributed by atoms with Crippen LogP contribution in [-0.2, 0) is 0 Å². The quantitative estimate of drug-likeness (QED) is 0.231. The summed E-state index contributed by atoms with van der Waals surface area (Å²) in [4.78, 5) is 25.1. The number of pyridine rings is 3. The zero-order chi connectivity index (χ0) is 26.4. The number of anilines is 1. The van der Waals surface area contributed by atoms with Crippen LogP contribution in [0.1, 0.15) is 26.0 Å². The largest absolute Gasteiger partial charge is 0.374 e. The van der Waals surface area contributed by atoms with Crippen LogP contribution < -0.4 is 5.32 Å². The first kappa shape index (κ1) is 23.7. The van der Waals surface area contributed by atoms with E-state index in [1.165, 1.54) is 12.4 Å². The van der Waals surface area contributed by atoms with Crippen molar-refractivity contribution in [3.05, 3.63) is 61.1 Å². The maximum atomic E-state index is 16.0. The van der Waals surface area contributed by atoms with Gasteiger partial charge in [-0.1, -0.05) is 13.8 Å². The van der Waals surface area contributed by atoms with Crippen LogP contribution in [0.2, 0.25) is 0 Å². The van der Waals surface area contributed by atoms with Gasteiger partial charge in [0.25, 0.3) is 0 Å². The predicted octanol–water partition coefficient (Wildman–Crippen LogP) is 4.37. The Hall–Kier alpha value is -4.71. The summed E-state index contributed by atoms with van der Waals surface area (Å²) in [7, 11) is 0. The van der Waals surface area contributed by atoms with Crippen LogP contribution in [0.3, 0.4) is 0 Å². The number of aromatic nitrogens is 9. The molecule has 6 heterocycles. The highest BCUT2D eigenvalue weighted by atomic mass is 19.1. The SMILES string of the molecule is Cc1cn(-c2cncc3[nH]c(-c4n[nH]c5cnc(-c6cncc(NC(O)CC(C)C)c6)c(F)c45)nc23)cn1. The number of imidazole rings is 2. The van der Waals surface area contributed by atoms with E-state index >= 15 is 4.39 Å². The highest BCUT2D eigenvalue weighted by Gasteiger charge is 2.21. The predicted molar refractivity (Wildman–Crippen MR) is 141 cm³/mol. The van der Waals surface area contributed by atoms with Gasteiger partial charge in [0.05, 0.1) is 64.6 Å². The minimum Gasteiger partial charge on any atom is -0.374 e. The van der Waals surface area contributed by atoms with Crippen LogP contribution in [0.5, 0.6) is 0 Å². The Bertz CT molecular complexity index is 1770. The van der Waals surface area contributed by atoms with E-state index in [4.69, 9.17) is 4.98 Å². The van der Waals surface area contributed by atoms with Crippen molar-refractivity contribution in [1.29, 1.82) is 0 Å². The second kappa shape index (κ2) is 9.30. The molecule has 12 heteroatoms. The maximum absolute atomic E-state index is 16.0. The van der Waals surface area contributed by atoms with Crippen LogP contribution >= 0.6 is 0 Å². The Balaban J connectivity index is 1.41. The Morgan fingerprint density at radius 1 is 1.05 bits per heavy atom. The number of hydrogen-bond donors (Lipinski definition) is 4. The van der Waals surface area contributed by atoms with E-state index in [0.717, 1.165) is 11.4 Å². The molecule has 11 nitrogen and oxygen atoms in total. The van der Waals surface area contributed by atoms with Crippen molar-refractivity contribution in [3.63, 3.8) is 0 Å². The fourth-order valence-corrected chi connectivity index (χ4v) is 4.47. The molecule has 0 bridgehead atoms. The molecule has 1 atom stereocenters. The molecule has 38 heavy (non-hydrogen) atoms. The lowest BCUT2D eigenvalue weighted by Crippen LogP contribution is -2.20. The molecule has 6 aromatic rings. The zero-order valence-electron chi connectivity index (χ0n) is 20.9. The van der Waals surface area contributed by atoms with Gasteiger partial charge in [0.15, 0.2) is 11.6 Å². The maximum Gasteiger partial charge on any atom is 0.161 e. The van der Waals surface area contributed by atoms with Crippen molar-refractivity contribution >= 4 is 27.6 Å². The number of aryl methyl sites for hydroxylation is 1. The third-order valence-electron chi connectivity index (χ3n) is 6.17. The van der Waals surface area contributed by atoms with Crippen molar-refractivity contribution in [2.24, 2.45) is 5.92 Å². The molecule has 0 aliphatic heterocycles. The standard InChI is InChI=1S/C26H25FN10O/c1-13(2)4-20(38)32-16-5-15(6-28-7-16)23-22(27)21-17(9-30-23)35-36-25(21)26-33-18-8-29-10-19(24(18)34-26)37-11-14(3)31-12-37/h5-13,20,32,38H,4H2,1-3H3,(H,33,34)(H,35,36). The number of aromatic amines is 2. The van der Waals surface area contributed by atoms with E-state index in [1.54, 1.807) is 31.0 Å². The molecule has 4 N–H and O–H groups in total. The van der Waals surface area contributed by atoms with E-state index in [0.29, 0.717) is 51.7 Å². The molecule has 0 spiro atoms. The second-order valence-electron chi connectivity index (χ2n) is 9.60. The summed E-state index contributed by atoms with van der Waals surface area (Å²) in [6.45, 7) is 5.95. The minimum absolute atomic E-state index is 0.113. The molecule has 0 amide bonds. The van der Waals surface area contributed by atoms with E-state index in [-0.39, 0.29) is 11.1 Å². The Morgan fingerprint density at radius 2 is 1.89 bits per heavy atom. The van der Waals surface area contributed by atoms with Crippen molar-refractivity contribution in [3.8, 4) is 28.5 Å². The second-order valence-corrected chi connectivity index (χ2v) is 9.60. The average molecular weight is 513 g/mol. The molecule has 1 unspecified atom stereocenters. The van der Waals surface area contributed by atoms with Gasteiger partial charge in [0.1, 0.15) is 23.1 Å². The monoisotopic (exact) mass is 512 g/mol. The number of rotatable bonds is 7. The van der Waals surface area contributed by atoms with Crippen molar-refractivity contribution in [2.75, 3.05) is 5.32 Å². The molecule has 6 rings (SSSR count). The third kappa shape index (κ3) is 4.24. The van der Waals surface area contributed by atoms with E-state index in [9.17, 15) is 5.11 Å². The van der Waals surface area contributed by atoms with Crippen LogP contribution in [-0.4, -0.2) is 56.0 Å². The topological polar surface area (TPSA) is 146 Å². The lowest BCUT2D eigenvalue weighted by Gasteiger charge is -2.16. The van der Waals surface area contributed by atoms with Crippen LogP contribution in [0.25, 0.3) is 50.4 Å². The molecule has 0 aromatic carbocycles. The van der Waals surface area contributed by atoms with Gasteiger partial charge in [-0.25, -0.2) is 14.4 Å². The summed E-state index contributed by atoms with van der Waals surface area (Å²) >= 11 is 0. The first-order valence-corrected chi connectivity index (χ1v) is 12.1. The molecule has 0 aliphatic rings. The summed E-state index contributed by atoms with van der Waals surface area (Å²) in [6.07, 6.45) is 11.4. The van der Waals surface area contributed by atoms with Crippen LogP contribution in [0.4, 0.5) is 10.1 Å². The van der Waals surface area contributed by atoms with Gasteiger partial charge in [-0.2, -0.15) is 5.10 Å². The number of halogens is 1. The lowest BCUT2D eigenvalue weighted by atomic mass is 10.1. The number of fused-ring (bicyclic) bond motifs is 2. The highest BCUT2D eigenvalue weighted by Crippen LogP contribution is 2.33. The summed E-state index contributed by atoms with van der Waals surface area (Å²) in [5.41, 5.74) is 4.83. The third-order valence-corrected chi connectivity index (χ3v) is 6.17. The van der Waals surface area contributed by atoms with Gasteiger partial charge < -0.3 is 20.0 Å². The number of nitrogens with one attached hydrogen (secondary N) is 3. The van der Waals surface area contributed by atoms with Crippen molar-refractivity contribution in [2.45, 2.75) is 33.4 Å². The summed E-state index contributed by atoms with van der Waals surface area (Å²) in [5, 5.41) is 20.7. The number of aliphatic hydroxyl groups is 1. The van der Waals surface area contributed by atoms with Crippen LogP contribution in [0, 0.1) is 18.7 Å². The highest BCUT2D eigenvalue weighted by molar-refractivity contribution is 5.96. The van der Waals surface area contributed by atoms with Crippen molar-refractivity contribution < 1.29 is 9.50 Å². The summed E-state index contributed by atoms with van der Waals surface area (Å²) in [5.74, 6) is 0.138. The lowest BCUT2D eigenvalue weighted by molar-refractivity contribution is 0.176. The first-order chi connectivity index (χ1) is 18.4. The van der Waals surface area contributed by atoms with Gasteiger partial charge in [-0.3, -0.25) is 20.1 Å². The smallest absolute Gasteiger partial charge is 0.161 e. The molecule has 0 radical (unpaired) electrons. The van der Waals surface area contributed by atoms with Crippen molar-refractivity contribution in [1.82, 2.24) is 44.7 Å². The Kier molecular flexibility index (Phi) is 5.80. The molecule has 0 saturated heterocycles. The number of H-pyrrole nitrogens is 2. The Labute approximate surface area is 216 Å². The number of nitrogens with zero attached hydrogens (tertiary/aromatic N) is 7. The molecule has 6 aromatic heterocycles. The van der Waals surface area contributed by atoms with E-state index in [2.05, 4.69) is 40.4 Å². The van der Waals surface area contributed by atoms with Gasteiger partial charge >= 0.3 is 0 Å². The summed E-state index contributed by atoms with van der Waals surface area (Å²) in [6, 6.07) is 1.71. The van der Waals surface area contributed by atoms with Gasteiger partial charge in [0.2, 0.25) is 0 Å². The zero-order valence-corrected chi connectivity index (χ0v) is 20.9.